The van der Waals surface area contributed by atoms with Crippen LogP contribution in [0, 0.1) is 0 Å². The van der Waals surface area contributed by atoms with Crippen molar-refractivity contribution in [3.8, 4) is 17.2 Å². The number of aliphatic hydroxyl groups excluding tert-OH is 1. The van der Waals surface area contributed by atoms with Crippen LogP contribution in [-0.4, -0.2) is 50.0 Å². The van der Waals surface area contributed by atoms with E-state index < -0.39 is 16.1 Å². The van der Waals surface area contributed by atoms with Crippen molar-refractivity contribution >= 4 is 26.8 Å². The Morgan fingerprint density at radius 3 is 2.33 bits per heavy atom. The second-order valence-electron chi connectivity index (χ2n) is 6.76. The molecule has 1 atom stereocenters. The molecule has 0 aliphatic rings. The first kappa shape index (κ1) is 22.3. The van der Waals surface area contributed by atoms with E-state index in [4.69, 9.17) is 18.7 Å². The molecule has 172 valence electrons. The molecule has 0 fully saturated rings. The molecule has 0 spiro atoms. The highest BCUT2D eigenvalue weighted by molar-refractivity contribution is 7.93. The van der Waals surface area contributed by atoms with Crippen molar-refractivity contribution in [3.63, 3.8) is 0 Å². The van der Waals surface area contributed by atoms with Gasteiger partial charge >= 0.3 is 0 Å². The smallest absolute Gasteiger partial charge is 0.270 e. The van der Waals surface area contributed by atoms with E-state index in [1.807, 2.05) is 0 Å². The Hall–Kier alpha value is -3.90. The van der Waals surface area contributed by atoms with Crippen LogP contribution in [0.3, 0.4) is 0 Å². The molecular weight excluding hydrogens is 452 g/mol. The van der Waals surface area contributed by atoms with Crippen LogP contribution in [0.1, 0.15) is 17.4 Å². The summed E-state index contributed by atoms with van der Waals surface area (Å²) >= 11 is 0. The van der Waals surface area contributed by atoms with Crippen LogP contribution in [0.25, 0.3) is 11.0 Å². The average molecular weight is 472 g/mol. The third-order valence-electron chi connectivity index (χ3n) is 4.84. The van der Waals surface area contributed by atoms with Gasteiger partial charge in [0.1, 0.15) is 28.7 Å². The van der Waals surface area contributed by atoms with E-state index in [9.17, 15) is 13.5 Å². The van der Waals surface area contributed by atoms with Crippen molar-refractivity contribution in [2.75, 3.05) is 26.1 Å². The number of methoxy groups -OCH3 is 3. The van der Waals surface area contributed by atoms with Gasteiger partial charge in [0.05, 0.1) is 33.2 Å². The molecule has 0 bridgehead atoms. The van der Waals surface area contributed by atoms with E-state index in [1.165, 1.54) is 58.1 Å². The summed E-state index contributed by atoms with van der Waals surface area (Å²) in [6.45, 7) is 0. The minimum Gasteiger partial charge on any atom is -0.496 e. The summed E-state index contributed by atoms with van der Waals surface area (Å²) in [7, 11) is -0.0889. The van der Waals surface area contributed by atoms with Crippen LogP contribution in [0.5, 0.6) is 17.2 Å². The third kappa shape index (κ3) is 4.13. The summed E-state index contributed by atoms with van der Waals surface area (Å²) in [6.07, 6.45) is 3.27. The summed E-state index contributed by atoms with van der Waals surface area (Å²) < 4.78 is 50.0. The van der Waals surface area contributed by atoms with Gasteiger partial charge < -0.3 is 23.8 Å². The Balaban J connectivity index is 1.78. The number of aromatic nitrogens is 3. The number of benzene rings is 2. The monoisotopic (exact) mass is 472 g/mol. The van der Waals surface area contributed by atoms with Gasteiger partial charge in [-0.3, -0.25) is 14.7 Å². The van der Waals surface area contributed by atoms with Crippen molar-refractivity contribution in [1.82, 2.24) is 15.1 Å². The van der Waals surface area contributed by atoms with Crippen LogP contribution in [0.2, 0.25) is 0 Å². The number of nitrogens with one attached hydrogen (secondary N) is 1. The molecule has 0 saturated carbocycles. The zero-order valence-electron chi connectivity index (χ0n) is 17.8. The fourth-order valence-corrected chi connectivity index (χ4v) is 4.66. The Bertz CT molecular complexity index is 1370. The van der Waals surface area contributed by atoms with Crippen molar-refractivity contribution in [1.29, 1.82) is 0 Å². The maximum atomic E-state index is 13.2. The van der Waals surface area contributed by atoms with E-state index in [2.05, 4.69) is 19.8 Å². The normalized spacial score (nSPS) is 12.4. The van der Waals surface area contributed by atoms with Gasteiger partial charge in [0, 0.05) is 12.4 Å². The molecule has 2 aromatic carbocycles. The number of sulfonamides is 1. The van der Waals surface area contributed by atoms with Crippen molar-refractivity contribution < 1.29 is 32.3 Å². The molecule has 11 nitrogen and oxygen atoms in total. The van der Waals surface area contributed by atoms with E-state index in [0.717, 1.165) is 0 Å². The summed E-state index contributed by atoms with van der Waals surface area (Å²) in [4.78, 5) is 7.85. The molecule has 12 heteroatoms. The minimum atomic E-state index is -4.20. The molecule has 2 N–H and O–H groups in total. The lowest BCUT2D eigenvalue weighted by atomic mass is 10.0. The van der Waals surface area contributed by atoms with Gasteiger partial charge in [-0.1, -0.05) is 11.2 Å². The number of aliphatic hydroxyl groups is 1. The van der Waals surface area contributed by atoms with Crippen LogP contribution >= 0.6 is 0 Å². The summed E-state index contributed by atoms with van der Waals surface area (Å²) in [5, 5.41) is 14.8. The van der Waals surface area contributed by atoms with Crippen LogP contribution in [-0.2, 0) is 10.0 Å². The number of fused-ring (bicyclic) bond motifs is 1. The van der Waals surface area contributed by atoms with Crippen LogP contribution < -0.4 is 18.9 Å². The molecule has 4 aromatic rings. The van der Waals surface area contributed by atoms with Crippen molar-refractivity contribution in [3.05, 3.63) is 60.2 Å². The van der Waals surface area contributed by atoms with Crippen LogP contribution in [0.4, 0.5) is 5.82 Å². The molecule has 0 saturated heterocycles. The summed E-state index contributed by atoms with van der Waals surface area (Å²) in [5.41, 5.74) is 0.913. The van der Waals surface area contributed by atoms with Gasteiger partial charge in [-0.25, -0.2) is 8.42 Å². The SMILES string of the molecule is COc1cccc(OC)c1S(=O)(=O)Nc1noc2cc(C(O)c3cnccn3)cc(OC)c12. The Morgan fingerprint density at radius 2 is 1.73 bits per heavy atom. The van der Waals surface area contributed by atoms with E-state index in [0.29, 0.717) is 11.3 Å². The summed E-state index contributed by atoms with van der Waals surface area (Å²) in [5.74, 6) is 0.318. The van der Waals surface area contributed by atoms with Gasteiger partial charge in [-0.05, 0) is 29.8 Å². The van der Waals surface area contributed by atoms with Crippen LogP contribution in [0.15, 0.2) is 58.3 Å². The molecule has 0 amide bonds. The number of rotatable bonds is 8. The topological polar surface area (TPSA) is 146 Å². The average Bonchev–Trinajstić information content (AvgIpc) is 3.24. The Morgan fingerprint density at radius 1 is 1.03 bits per heavy atom. The molecule has 0 aliphatic heterocycles. The van der Waals surface area contributed by atoms with Crippen molar-refractivity contribution in [2.24, 2.45) is 0 Å². The molecule has 2 aromatic heterocycles. The summed E-state index contributed by atoms with van der Waals surface area (Å²) in [6, 6.07) is 7.67. The van der Waals surface area contributed by atoms with E-state index in [1.54, 1.807) is 12.1 Å². The van der Waals surface area contributed by atoms with E-state index >= 15 is 0 Å². The van der Waals surface area contributed by atoms with Crippen molar-refractivity contribution in [2.45, 2.75) is 11.0 Å². The standard InChI is InChI=1S/C21H20N4O7S/c1-29-14-5-4-6-15(30-2)20(14)33(27,28)25-21-18-16(31-3)9-12(10-17(18)32-24-21)19(26)13-11-22-7-8-23-13/h4-11,19,26H,1-3H3,(H,24,25). The first-order valence-electron chi connectivity index (χ1n) is 9.54. The molecule has 4 rings (SSSR count). The quantitative estimate of drug-likeness (QED) is 0.392. The lowest BCUT2D eigenvalue weighted by Crippen LogP contribution is -2.15. The van der Waals surface area contributed by atoms with Gasteiger partial charge in [0.25, 0.3) is 10.0 Å². The zero-order chi connectivity index (χ0) is 23.6. The number of anilines is 1. The highest BCUT2D eigenvalue weighted by atomic mass is 32.2. The highest BCUT2D eigenvalue weighted by Crippen LogP contribution is 2.39. The Kier molecular flexibility index (Phi) is 6.03. The fourth-order valence-electron chi connectivity index (χ4n) is 3.33. The predicted octanol–water partition coefficient (Wildman–Crippen LogP) is 2.53. The number of ether oxygens (including phenoxy) is 3. The number of hydrogen-bond donors (Lipinski definition) is 2. The highest BCUT2D eigenvalue weighted by Gasteiger charge is 2.28. The molecule has 2 heterocycles. The van der Waals surface area contributed by atoms with Gasteiger partial charge in [0.2, 0.25) is 0 Å². The number of hydrogen-bond acceptors (Lipinski definition) is 10. The molecule has 33 heavy (non-hydrogen) atoms. The molecule has 1 unspecified atom stereocenters. The van der Waals surface area contributed by atoms with Gasteiger partial charge in [0.15, 0.2) is 16.3 Å². The predicted molar refractivity (Wildman–Crippen MR) is 117 cm³/mol. The Labute approximate surface area is 189 Å². The third-order valence-corrected chi connectivity index (χ3v) is 6.24. The minimum absolute atomic E-state index is 0.0935. The first-order chi connectivity index (χ1) is 15.9. The van der Waals surface area contributed by atoms with E-state index in [-0.39, 0.29) is 38.9 Å². The second-order valence-corrected chi connectivity index (χ2v) is 8.38. The largest absolute Gasteiger partial charge is 0.496 e. The first-order valence-corrected chi connectivity index (χ1v) is 11.0. The van der Waals surface area contributed by atoms with Gasteiger partial charge in [-0.15, -0.1) is 0 Å². The number of nitrogens with zero attached hydrogens (tertiary/aromatic N) is 3. The molecular formula is C21H20N4O7S. The maximum absolute atomic E-state index is 13.2. The van der Waals surface area contributed by atoms with Gasteiger partial charge in [-0.2, -0.15) is 0 Å². The molecule has 0 radical (unpaired) electrons. The molecule has 0 aliphatic carbocycles. The lowest BCUT2D eigenvalue weighted by Gasteiger charge is -2.14. The lowest BCUT2D eigenvalue weighted by molar-refractivity contribution is 0.214. The second kappa shape index (κ2) is 8.92. The fraction of sp³-hybridized carbons (Fsp3) is 0.190. The zero-order valence-corrected chi connectivity index (χ0v) is 18.7. The maximum Gasteiger partial charge on any atom is 0.270 e.